The molecule has 0 fully saturated rings. The highest BCUT2D eigenvalue weighted by molar-refractivity contribution is 6.00. The summed E-state index contributed by atoms with van der Waals surface area (Å²) in [6, 6.07) is 9.01. The summed E-state index contributed by atoms with van der Waals surface area (Å²) in [4.78, 5) is 61.7. The van der Waals surface area contributed by atoms with Gasteiger partial charge in [0.25, 0.3) is 0 Å². The Bertz CT molecular complexity index is 2250. The van der Waals surface area contributed by atoms with Crippen molar-refractivity contribution in [2.24, 2.45) is 9.98 Å². The van der Waals surface area contributed by atoms with Gasteiger partial charge < -0.3 is 33.2 Å². The zero-order chi connectivity index (χ0) is 48.1. The van der Waals surface area contributed by atoms with Crippen molar-refractivity contribution >= 4 is 47.4 Å². The van der Waals surface area contributed by atoms with Crippen molar-refractivity contribution in [3.05, 3.63) is 71.3 Å². The Morgan fingerprint density at radius 1 is 0.585 bits per heavy atom. The molecule has 1 aromatic heterocycles. The van der Waals surface area contributed by atoms with Crippen LogP contribution in [0.25, 0.3) is 34.1 Å². The summed E-state index contributed by atoms with van der Waals surface area (Å²) in [6.45, 7) is 21.4. The predicted molar refractivity (Wildman–Crippen MR) is 239 cm³/mol. The number of nitrogens with one attached hydrogen (secondary N) is 2. The fourth-order valence-electron chi connectivity index (χ4n) is 6.37. The first-order valence-corrected chi connectivity index (χ1v) is 21.1. The van der Waals surface area contributed by atoms with E-state index in [1.807, 2.05) is 0 Å². The summed E-state index contributed by atoms with van der Waals surface area (Å²) in [5.41, 5.74) is -0.565. The number of aromatic nitrogens is 2. The normalized spacial score (nSPS) is 15.4. The molecule has 5 rings (SSSR count). The molecule has 350 valence electrons. The fraction of sp³-hybridized carbons (Fsp3) is 0.478. The highest BCUT2D eigenvalue weighted by Gasteiger charge is 2.28. The minimum Gasteiger partial charge on any atom is -0.444 e. The third-order valence-electron chi connectivity index (χ3n) is 8.97. The van der Waals surface area contributed by atoms with Crippen molar-refractivity contribution in [2.45, 2.75) is 118 Å². The van der Waals surface area contributed by atoms with E-state index in [0.717, 1.165) is 0 Å². The van der Waals surface area contributed by atoms with Gasteiger partial charge in [0, 0.05) is 48.4 Å². The van der Waals surface area contributed by atoms with Gasteiger partial charge in [-0.25, -0.2) is 28.0 Å². The Kier molecular flexibility index (Phi) is 14.9. The number of hydrogen-bond donors (Lipinski definition) is 2. The number of amides is 4. The molecule has 4 amide bonds. The minimum atomic E-state index is -0.895. The number of nitrogens with zero attached hydrogens (tertiary/aromatic N) is 6. The maximum Gasteiger partial charge on any atom is 0.437 e. The first kappa shape index (κ1) is 49.4. The van der Waals surface area contributed by atoms with Crippen LogP contribution < -0.4 is 10.6 Å². The molecule has 19 heteroatoms. The van der Waals surface area contributed by atoms with Crippen LogP contribution in [-0.2, 0) is 18.9 Å². The molecule has 2 aliphatic rings. The smallest absolute Gasteiger partial charge is 0.437 e. The molecule has 0 aliphatic carbocycles. The third kappa shape index (κ3) is 15.0. The molecule has 2 N–H and O–H groups in total. The lowest BCUT2D eigenvalue weighted by molar-refractivity contribution is 0.0536. The summed E-state index contributed by atoms with van der Waals surface area (Å²) in [6.07, 6.45) is 0.838. The van der Waals surface area contributed by atoms with Gasteiger partial charge in [0.2, 0.25) is 23.7 Å². The highest BCUT2D eigenvalue weighted by Crippen LogP contribution is 2.32. The number of rotatable bonds is 4. The number of ether oxygens (including phenoxy) is 4. The van der Waals surface area contributed by atoms with Gasteiger partial charge in [-0.15, -0.1) is 20.2 Å². The van der Waals surface area contributed by atoms with Crippen LogP contribution in [0.15, 0.2) is 63.0 Å². The Morgan fingerprint density at radius 2 is 0.938 bits per heavy atom. The van der Waals surface area contributed by atoms with E-state index in [9.17, 15) is 19.2 Å². The number of halogens is 2. The van der Waals surface area contributed by atoms with E-state index in [-0.39, 0.29) is 49.9 Å². The lowest BCUT2D eigenvalue weighted by Gasteiger charge is -2.30. The molecule has 0 bridgehead atoms. The van der Waals surface area contributed by atoms with Crippen LogP contribution in [0.2, 0.25) is 0 Å². The zero-order valence-electron chi connectivity index (χ0n) is 39.0. The van der Waals surface area contributed by atoms with Crippen molar-refractivity contribution < 1.29 is 51.3 Å². The van der Waals surface area contributed by atoms with Crippen LogP contribution in [0.4, 0.5) is 28.0 Å². The molecular formula is C46H58F2N8O9. The quantitative estimate of drug-likeness (QED) is 0.143. The van der Waals surface area contributed by atoms with Crippen LogP contribution in [-0.4, -0.2) is 105 Å². The molecule has 0 atom stereocenters. The molecule has 0 radical (unpaired) electrons. The van der Waals surface area contributed by atoms with Crippen molar-refractivity contribution in [3.63, 3.8) is 0 Å². The molecule has 0 unspecified atom stereocenters. The summed E-state index contributed by atoms with van der Waals surface area (Å²) in [7, 11) is 0. The van der Waals surface area contributed by atoms with Crippen LogP contribution in [0, 0.1) is 11.6 Å². The Labute approximate surface area is 377 Å². The zero-order valence-corrected chi connectivity index (χ0v) is 39.0. The van der Waals surface area contributed by atoms with E-state index in [0.29, 0.717) is 46.2 Å². The molecule has 0 saturated heterocycles. The average molecular weight is 905 g/mol. The molecule has 3 aromatic rings. The SMILES string of the molecule is CC(C)(C)OC(=O)N=C(NC(=O)OC(C)(C)C)N1CC=C(c2ccc(-c3nnc(-c4ccc(C5=CCN(C(=NC(=O)OC(C)(C)C)NC(=O)OC(C)(C)C)CC5)c(F)c4)o3)cc2F)CC1. The van der Waals surface area contributed by atoms with Gasteiger partial charge >= 0.3 is 24.4 Å². The average Bonchev–Trinajstić information content (AvgIpc) is 3.65. The highest BCUT2D eigenvalue weighted by atomic mass is 19.1. The van der Waals surface area contributed by atoms with Gasteiger partial charge in [-0.2, -0.15) is 0 Å². The minimum absolute atomic E-state index is 0.0221. The van der Waals surface area contributed by atoms with E-state index in [1.165, 1.54) is 12.1 Å². The van der Waals surface area contributed by atoms with Crippen molar-refractivity contribution in [1.82, 2.24) is 30.6 Å². The van der Waals surface area contributed by atoms with Crippen LogP contribution in [0.3, 0.4) is 0 Å². The summed E-state index contributed by atoms with van der Waals surface area (Å²) < 4.78 is 58.7. The van der Waals surface area contributed by atoms with Crippen LogP contribution in [0.5, 0.6) is 0 Å². The molecule has 2 aliphatic heterocycles. The topological polar surface area (TPSA) is 199 Å². The van der Waals surface area contributed by atoms with E-state index in [2.05, 4.69) is 30.8 Å². The van der Waals surface area contributed by atoms with E-state index >= 15 is 8.78 Å². The largest absolute Gasteiger partial charge is 0.444 e. The second-order valence-corrected chi connectivity index (χ2v) is 19.2. The van der Waals surface area contributed by atoms with Crippen LogP contribution in [0.1, 0.15) is 107 Å². The van der Waals surface area contributed by atoms with Gasteiger partial charge in [0.05, 0.1) is 0 Å². The second kappa shape index (κ2) is 19.6. The van der Waals surface area contributed by atoms with Gasteiger partial charge in [0.1, 0.15) is 34.0 Å². The number of carbonyl (C=O) groups excluding carboxylic acids is 4. The number of carbonyl (C=O) groups is 4. The number of hydrogen-bond acceptors (Lipinski definition) is 11. The number of alkyl carbamates (subject to hydrolysis) is 2. The first-order chi connectivity index (χ1) is 30.1. The maximum absolute atomic E-state index is 15.7. The van der Waals surface area contributed by atoms with E-state index in [4.69, 9.17) is 23.4 Å². The third-order valence-corrected chi connectivity index (χ3v) is 8.97. The molecule has 3 heterocycles. The summed E-state index contributed by atoms with van der Waals surface area (Å²) in [5, 5.41) is 13.3. The molecular weight excluding hydrogens is 847 g/mol. The van der Waals surface area contributed by atoms with Crippen LogP contribution >= 0.6 is 0 Å². The van der Waals surface area contributed by atoms with E-state index in [1.54, 1.807) is 129 Å². The van der Waals surface area contributed by atoms with Crippen molar-refractivity contribution in [2.75, 3.05) is 26.2 Å². The molecule has 17 nitrogen and oxygen atoms in total. The Balaban J connectivity index is 1.27. The molecule has 2 aromatic carbocycles. The fourth-order valence-corrected chi connectivity index (χ4v) is 6.37. The monoisotopic (exact) mass is 904 g/mol. The summed E-state index contributed by atoms with van der Waals surface area (Å²) >= 11 is 0. The molecule has 0 spiro atoms. The number of benzene rings is 2. The van der Waals surface area contributed by atoms with Gasteiger partial charge in [-0.1, -0.05) is 24.3 Å². The Hall–Kier alpha value is -6.66. The predicted octanol–water partition coefficient (Wildman–Crippen LogP) is 9.49. The van der Waals surface area contributed by atoms with E-state index < -0.39 is 58.4 Å². The molecule has 65 heavy (non-hydrogen) atoms. The summed E-state index contributed by atoms with van der Waals surface area (Å²) in [5.74, 6) is -1.17. The van der Waals surface area contributed by atoms with Gasteiger partial charge in [-0.3, -0.25) is 10.6 Å². The number of aliphatic imine (C=N–C) groups is 2. The maximum atomic E-state index is 15.7. The Morgan fingerprint density at radius 3 is 1.23 bits per heavy atom. The molecule has 0 saturated carbocycles. The lowest BCUT2D eigenvalue weighted by Crippen LogP contribution is -2.48. The van der Waals surface area contributed by atoms with Gasteiger partial charge in [0.15, 0.2) is 0 Å². The number of guanidine groups is 2. The second-order valence-electron chi connectivity index (χ2n) is 19.2. The standard InChI is InChI=1S/C46H58F2N8O9/c1-43(2,3)62-39(57)49-37(50-40(58)63-44(4,5)6)55-21-17-27(18-22-55)31-15-13-29(25-33(31)47)35-53-54-36(61-35)30-14-16-32(34(48)26-30)28-19-23-56(24-20-28)38(51-41(59)64-45(7,8)9)52-42(60)65-46(10,11)12/h13-17,19,25-26H,18,20-24H2,1-12H3,(H,49,50,57,58)(H,51,52,59,60). The van der Waals surface area contributed by atoms with Crippen molar-refractivity contribution in [1.29, 1.82) is 0 Å². The first-order valence-electron chi connectivity index (χ1n) is 21.1. The lowest BCUT2D eigenvalue weighted by atomic mass is 9.97. The van der Waals surface area contributed by atoms with Gasteiger partial charge in [-0.05, 0) is 131 Å². The van der Waals surface area contributed by atoms with Crippen molar-refractivity contribution in [3.8, 4) is 22.9 Å².